The number of rotatable bonds is 2. The second-order valence-corrected chi connectivity index (χ2v) is 2.71. The van der Waals surface area contributed by atoms with Crippen molar-refractivity contribution in [2.24, 2.45) is 0 Å². The molecule has 1 aromatic carbocycles. The minimum Gasteiger partial charge on any atom is -0.508 e. The lowest BCUT2D eigenvalue weighted by Gasteiger charge is -1.92. The number of hydrogen-bond acceptors (Lipinski definition) is 4. The molecular weight excluding hydrogens is 180 g/mol. The first-order valence-electron chi connectivity index (χ1n) is 4.08. The molecule has 0 saturated heterocycles. The van der Waals surface area contributed by atoms with Crippen molar-refractivity contribution in [3.63, 3.8) is 0 Å². The second-order valence-electron chi connectivity index (χ2n) is 2.71. The fraction of sp³-hybridized carbons (Fsp3) is 0. The third-order valence-corrected chi connectivity index (χ3v) is 1.70. The maximum atomic E-state index is 9.05. The van der Waals surface area contributed by atoms with Crippen molar-refractivity contribution < 1.29 is 9.63 Å². The zero-order chi connectivity index (χ0) is 9.80. The Morgan fingerprint density at radius 1 is 1.14 bits per heavy atom. The first-order chi connectivity index (χ1) is 6.84. The largest absolute Gasteiger partial charge is 0.508 e. The molecule has 0 aliphatic heterocycles. The molecule has 0 spiro atoms. The van der Waals surface area contributed by atoms with Gasteiger partial charge in [-0.05, 0) is 23.8 Å². The van der Waals surface area contributed by atoms with Gasteiger partial charge in [0.15, 0.2) is 5.82 Å². The van der Waals surface area contributed by atoms with E-state index in [1.807, 2.05) is 6.08 Å². The van der Waals surface area contributed by atoms with Gasteiger partial charge in [0.05, 0.1) is 0 Å². The molecule has 1 N–H and O–H groups in total. The van der Waals surface area contributed by atoms with E-state index in [0.29, 0.717) is 5.82 Å². The first kappa shape index (κ1) is 8.50. The Morgan fingerprint density at radius 2 is 1.93 bits per heavy atom. The molecule has 2 aromatic rings. The van der Waals surface area contributed by atoms with Gasteiger partial charge in [-0.2, -0.15) is 4.98 Å². The van der Waals surface area contributed by atoms with E-state index in [1.54, 1.807) is 30.3 Å². The van der Waals surface area contributed by atoms with Crippen molar-refractivity contribution in [3.8, 4) is 5.75 Å². The van der Waals surface area contributed by atoms with E-state index in [-0.39, 0.29) is 5.75 Å². The summed E-state index contributed by atoms with van der Waals surface area (Å²) >= 11 is 0. The zero-order valence-electron chi connectivity index (χ0n) is 7.29. The summed E-state index contributed by atoms with van der Waals surface area (Å²) in [7, 11) is 0. The van der Waals surface area contributed by atoms with Gasteiger partial charge in [0.2, 0.25) is 6.39 Å². The van der Waals surface area contributed by atoms with Crippen molar-refractivity contribution >= 4 is 12.2 Å². The van der Waals surface area contributed by atoms with Gasteiger partial charge in [0.1, 0.15) is 5.75 Å². The first-order valence-corrected chi connectivity index (χ1v) is 4.08. The maximum Gasteiger partial charge on any atom is 0.214 e. The molecular formula is C10H8N2O2. The molecule has 0 fully saturated rings. The van der Waals surface area contributed by atoms with Crippen LogP contribution in [0.2, 0.25) is 0 Å². The van der Waals surface area contributed by atoms with E-state index in [9.17, 15) is 0 Å². The monoisotopic (exact) mass is 188 g/mol. The smallest absolute Gasteiger partial charge is 0.214 e. The Labute approximate surface area is 80.5 Å². The SMILES string of the molecule is Oc1ccc(C=Cc2ncon2)cc1. The Kier molecular flexibility index (Phi) is 2.27. The predicted molar refractivity (Wildman–Crippen MR) is 51.3 cm³/mol. The summed E-state index contributed by atoms with van der Waals surface area (Å²) in [5, 5.41) is 12.7. The van der Waals surface area contributed by atoms with Gasteiger partial charge in [-0.3, -0.25) is 0 Å². The second kappa shape index (κ2) is 3.74. The molecule has 0 aliphatic carbocycles. The van der Waals surface area contributed by atoms with E-state index in [4.69, 9.17) is 5.11 Å². The van der Waals surface area contributed by atoms with Crippen LogP contribution < -0.4 is 0 Å². The lowest BCUT2D eigenvalue weighted by Crippen LogP contribution is -1.74. The maximum absolute atomic E-state index is 9.05. The minimum atomic E-state index is 0.252. The number of phenols is 1. The topological polar surface area (TPSA) is 59.2 Å². The van der Waals surface area contributed by atoms with Crippen molar-refractivity contribution in [2.75, 3.05) is 0 Å². The summed E-state index contributed by atoms with van der Waals surface area (Å²) in [6.07, 6.45) is 4.84. The van der Waals surface area contributed by atoms with Crippen molar-refractivity contribution in [1.82, 2.24) is 10.1 Å². The Hall–Kier alpha value is -2.10. The van der Waals surface area contributed by atoms with Crippen molar-refractivity contribution in [1.29, 1.82) is 0 Å². The van der Waals surface area contributed by atoms with Crippen LogP contribution in [-0.2, 0) is 0 Å². The van der Waals surface area contributed by atoms with Gasteiger partial charge in [0, 0.05) is 0 Å². The van der Waals surface area contributed by atoms with Crippen LogP contribution >= 0.6 is 0 Å². The third kappa shape index (κ3) is 1.98. The predicted octanol–water partition coefficient (Wildman–Crippen LogP) is 1.95. The lowest BCUT2D eigenvalue weighted by molar-refractivity contribution is 0.415. The quantitative estimate of drug-likeness (QED) is 0.782. The van der Waals surface area contributed by atoms with Gasteiger partial charge in [-0.15, -0.1) is 0 Å². The highest BCUT2D eigenvalue weighted by Crippen LogP contribution is 2.11. The van der Waals surface area contributed by atoms with Crippen molar-refractivity contribution in [3.05, 3.63) is 42.0 Å². The van der Waals surface area contributed by atoms with Crippen LogP contribution in [0.15, 0.2) is 35.2 Å². The molecule has 4 nitrogen and oxygen atoms in total. The van der Waals surface area contributed by atoms with Gasteiger partial charge >= 0.3 is 0 Å². The molecule has 1 heterocycles. The van der Waals surface area contributed by atoms with Crippen LogP contribution in [0, 0.1) is 0 Å². The molecule has 0 aliphatic rings. The summed E-state index contributed by atoms with van der Waals surface area (Å²) in [5.74, 6) is 0.778. The number of aromatic hydroxyl groups is 1. The fourth-order valence-corrected chi connectivity index (χ4v) is 1.01. The molecule has 0 radical (unpaired) electrons. The van der Waals surface area contributed by atoms with E-state index < -0.39 is 0 Å². The standard InChI is InChI=1S/C10H8N2O2/c13-9-4-1-8(2-5-9)3-6-10-11-7-14-12-10/h1-7,13H. The molecule has 0 saturated carbocycles. The summed E-state index contributed by atoms with van der Waals surface area (Å²) in [6.45, 7) is 0. The number of phenolic OH excluding ortho intramolecular Hbond substituents is 1. The molecule has 14 heavy (non-hydrogen) atoms. The van der Waals surface area contributed by atoms with Crippen molar-refractivity contribution in [2.45, 2.75) is 0 Å². The lowest BCUT2D eigenvalue weighted by atomic mass is 10.2. The van der Waals surface area contributed by atoms with Crippen LogP contribution in [0.25, 0.3) is 12.2 Å². The third-order valence-electron chi connectivity index (χ3n) is 1.70. The van der Waals surface area contributed by atoms with Crippen LogP contribution in [0.3, 0.4) is 0 Å². The number of nitrogens with zero attached hydrogens (tertiary/aromatic N) is 2. The summed E-state index contributed by atoms with van der Waals surface area (Å²) in [5.41, 5.74) is 0.965. The molecule has 70 valence electrons. The van der Waals surface area contributed by atoms with Crippen LogP contribution in [0.4, 0.5) is 0 Å². The molecule has 0 bridgehead atoms. The number of hydrogen-bond donors (Lipinski definition) is 1. The minimum absolute atomic E-state index is 0.252. The highest BCUT2D eigenvalue weighted by atomic mass is 16.5. The average molecular weight is 188 g/mol. The van der Waals surface area contributed by atoms with Gasteiger partial charge in [-0.1, -0.05) is 23.4 Å². The van der Waals surface area contributed by atoms with Gasteiger partial charge in [-0.25, -0.2) is 0 Å². The summed E-state index contributed by atoms with van der Waals surface area (Å²) in [6, 6.07) is 6.84. The van der Waals surface area contributed by atoms with E-state index in [0.717, 1.165) is 5.56 Å². The Bertz CT molecular complexity index is 418. The highest BCUT2D eigenvalue weighted by Gasteiger charge is 1.91. The van der Waals surface area contributed by atoms with Gasteiger partial charge in [0.25, 0.3) is 0 Å². The fourth-order valence-electron chi connectivity index (χ4n) is 1.01. The average Bonchev–Trinajstić information content (AvgIpc) is 2.70. The normalized spacial score (nSPS) is 10.9. The van der Waals surface area contributed by atoms with Crippen LogP contribution in [0.1, 0.15) is 11.4 Å². The van der Waals surface area contributed by atoms with E-state index in [2.05, 4.69) is 14.7 Å². The molecule has 1 aromatic heterocycles. The number of benzene rings is 1. The van der Waals surface area contributed by atoms with Gasteiger partial charge < -0.3 is 9.63 Å². The molecule has 4 heteroatoms. The molecule has 0 amide bonds. The van der Waals surface area contributed by atoms with E-state index in [1.165, 1.54) is 6.39 Å². The molecule has 0 atom stereocenters. The Balaban J connectivity index is 2.15. The number of aromatic nitrogens is 2. The van der Waals surface area contributed by atoms with Crippen LogP contribution in [0.5, 0.6) is 5.75 Å². The molecule has 2 rings (SSSR count). The van der Waals surface area contributed by atoms with E-state index >= 15 is 0 Å². The Morgan fingerprint density at radius 3 is 2.57 bits per heavy atom. The van der Waals surface area contributed by atoms with Crippen LogP contribution in [-0.4, -0.2) is 15.2 Å². The molecule has 0 unspecified atom stereocenters. The summed E-state index contributed by atoms with van der Waals surface area (Å²) in [4.78, 5) is 3.83. The summed E-state index contributed by atoms with van der Waals surface area (Å²) < 4.78 is 4.57. The zero-order valence-corrected chi connectivity index (χ0v) is 7.29. The highest BCUT2D eigenvalue weighted by molar-refractivity contribution is 5.66.